The van der Waals surface area contributed by atoms with Gasteiger partial charge < -0.3 is 5.11 Å². The smallest absolute Gasteiger partial charge is 0.219 e. The number of aromatic hydroxyl groups is 1. The van der Waals surface area contributed by atoms with Gasteiger partial charge in [-0.3, -0.25) is 4.90 Å². The number of nitrogens with zero attached hydrogens (tertiary/aromatic N) is 3. The molecule has 0 spiro atoms. The Hall–Kier alpha value is -2.14. The van der Waals surface area contributed by atoms with Gasteiger partial charge in [0.1, 0.15) is 0 Å². The highest BCUT2D eigenvalue weighted by Crippen LogP contribution is 2.30. The van der Waals surface area contributed by atoms with Crippen LogP contribution in [0.3, 0.4) is 0 Å². The van der Waals surface area contributed by atoms with Crippen LogP contribution in [-0.4, -0.2) is 26.5 Å². The molecule has 0 aliphatic carbocycles. The van der Waals surface area contributed by atoms with E-state index in [-0.39, 0.29) is 5.88 Å². The summed E-state index contributed by atoms with van der Waals surface area (Å²) < 4.78 is 0. The lowest BCUT2D eigenvalue weighted by atomic mass is 10.0. The maximum absolute atomic E-state index is 10.5. The van der Waals surface area contributed by atoms with Gasteiger partial charge in [-0.05, 0) is 23.8 Å². The van der Waals surface area contributed by atoms with Gasteiger partial charge >= 0.3 is 0 Å². The van der Waals surface area contributed by atoms with Gasteiger partial charge in [0.15, 0.2) is 5.82 Å². The lowest BCUT2D eigenvalue weighted by Gasteiger charge is -2.28. The monoisotopic (exact) mass is 385 g/mol. The highest BCUT2D eigenvalue weighted by molar-refractivity contribution is 6.35. The SMILES string of the molecule is Oc1nc(-c2cc(Cl)cc(Cl)c2)nc2c1CN(Cc1ccccc1)CC2. The second-order valence-corrected chi connectivity index (χ2v) is 7.27. The minimum absolute atomic E-state index is 0.0267. The summed E-state index contributed by atoms with van der Waals surface area (Å²) in [5.41, 5.74) is 3.63. The van der Waals surface area contributed by atoms with Crippen LogP contribution in [0.15, 0.2) is 48.5 Å². The Morgan fingerprint density at radius 1 is 1.00 bits per heavy atom. The number of hydrogen-bond donors (Lipinski definition) is 1. The van der Waals surface area contributed by atoms with Crippen LogP contribution in [0.1, 0.15) is 16.8 Å². The molecule has 0 radical (unpaired) electrons. The molecule has 26 heavy (non-hydrogen) atoms. The normalized spacial score (nSPS) is 14.2. The molecule has 132 valence electrons. The van der Waals surface area contributed by atoms with E-state index in [4.69, 9.17) is 23.2 Å². The number of halogens is 2. The summed E-state index contributed by atoms with van der Waals surface area (Å²) in [5.74, 6) is 0.473. The molecule has 0 unspecified atom stereocenters. The number of rotatable bonds is 3. The van der Waals surface area contributed by atoms with Crippen LogP contribution in [0.25, 0.3) is 11.4 Å². The average molecular weight is 386 g/mol. The standard InChI is InChI=1S/C20H17Cl2N3O/c21-15-8-14(9-16(22)10-15)19-23-18-6-7-25(12-17(18)20(26)24-19)11-13-4-2-1-3-5-13/h1-5,8-10H,6-7,11-12H2,(H,23,24,26). The fourth-order valence-electron chi connectivity index (χ4n) is 3.24. The summed E-state index contributed by atoms with van der Waals surface area (Å²) in [6, 6.07) is 15.5. The summed E-state index contributed by atoms with van der Waals surface area (Å²) in [6.45, 7) is 2.35. The fraction of sp³-hybridized carbons (Fsp3) is 0.200. The first-order valence-electron chi connectivity index (χ1n) is 8.40. The first-order valence-corrected chi connectivity index (χ1v) is 9.15. The van der Waals surface area contributed by atoms with Crippen LogP contribution in [0, 0.1) is 0 Å². The predicted molar refractivity (Wildman–Crippen MR) is 103 cm³/mol. The van der Waals surface area contributed by atoms with Crippen molar-refractivity contribution in [2.24, 2.45) is 0 Å². The van der Waals surface area contributed by atoms with E-state index < -0.39 is 0 Å². The molecule has 3 aromatic rings. The van der Waals surface area contributed by atoms with E-state index in [0.29, 0.717) is 28.0 Å². The second kappa shape index (κ2) is 7.23. The topological polar surface area (TPSA) is 49.3 Å². The van der Waals surface area contributed by atoms with Crippen LogP contribution in [-0.2, 0) is 19.5 Å². The van der Waals surface area contributed by atoms with Gasteiger partial charge in [0, 0.05) is 47.2 Å². The van der Waals surface area contributed by atoms with E-state index in [0.717, 1.165) is 30.8 Å². The Kier molecular flexibility index (Phi) is 4.81. The van der Waals surface area contributed by atoms with E-state index in [1.165, 1.54) is 5.56 Å². The molecular formula is C20H17Cl2N3O. The molecule has 4 nitrogen and oxygen atoms in total. The Labute approximate surface area is 162 Å². The molecule has 4 rings (SSSR count). The molecule has 1 aliphatic rings. The summed E-state index contributed by atoms with van der Waals surface area (Å²) in [6.07, 6.45) is 0.763. The zero-order valence-electron chi connectivity index (χ0n) is 14.0. The Morgan fingerprint density at radius 2 is 1.73 bits per heavy atom. The minimum Gasteiger partial charge on any atom is -0.493 e. The highest BCUT2D eigenvalue weighted by atomic mass is 35.5. The van der Waals surface area contributed by atoms with Gasteiger partial charge in [0.05, 0.1) is 5.69 Å². The molecule has 2 heterocycles. The first kappa shape index (κ1) is 17.3. The van der Waals surface area contributed by atoms with Crippen molar-refractivity contribution in [1.29, 1.82) is 0 Å². The summed E-state index contributed by atoms with van der Waals surface area (Å²) in [4.78, 5) is 11.2. The van der Waals surface area contributed by atoms with Crippen molar-refractivity contribution in [3.8, 4) is 17.3 Å². The van der Waals surface area contributed by atoms with E-state index >= 15 is 0 Å². The third-order valence-corrected chi connectivity index (χ3v) is 4.92. The Balaban J connectivity index is 1.61. The molecule has 1 aromatic heterocycles. The van der Waals surface area contributed by atoms with Gasteiger partial charge in [0.25, 0.3) is 0 Å². The maximum atomic E-state index is 10.5. The molecular weight excluding hydrogens is 369 g/mol. The van der Waals surface area contributed by atoms with Crippen LogP contribution < -0.4 is 0 Å². The third kappa shape index (κ3) is 3.68. The maximum Gasteiger partial charge on any atom is 0.219 e. The molecule has 1 N–H and O–H groups in total. The van der Waals surface area contributed by atoms with Crippen molar-refractivity contribution < 1.29 is 5.11 Å². The fourth-order valence-corrected chi connectivity index (χ4v) is 3.77. The van der Waals surface area contributed by atoms with Crippen LogP contribution >= 0.6 is 23.2 Å². The molecule has 1 aliphatic heterocycles. The van der Waals surface area contributed by atoms with Gasteiger partial charge in [-0.15, -0.1) is 0 Å². The van der Waals surface area contributed by atoms with Crippen molar-refractivity contribution in [1.82, 2.24) is 14.9 Å². The molecule has 0 amide bonds. The molecule has 0 fully saturated rings. The number of aromatic nitrogens is 2. The second-order valence-electron chi connectivity index (χ2n) is 6.40. The lowest BCUT2D eigenvalue weighted by Crippen LogP contribution is -2.31. The summed E-state index contributed by atoms with van der Waals surface area (Å²) in [5, 5.41) is 11.5. The van der Waals surface area contributed by atoms with Crippen molar-refractivity contribution in [2.75, 3.05) is 6.54 Å². The van der Waals surface area contributed by atoms with Gasteiger partial charge in [0.2, 0.25) is 5.88 Å². The third-order valence-electron chi connectivity index (χ3n) is 4.49. The number of hydrogen-bond acceptors (Lipinski definition) is 4. The van der Waals surface area contributed by atoms with Crippen molar-refractivity contribution in [3.63, 3.8) is 0 Å². The van der Waals surface area contributed by atoms with Gasteiger partial charge in [-0.2, -0.15) is 4.98 Å². The highest BCUT2D eigenvalue weighted by Gasteiger charge is 2.23. The quantitative estimate of drug-likeness (QED) is 0.708. The summed E-state index contributed by atoms with van der Waals surface area (Å²) in [7, 11) is 0. The van der Waals surface area contributed by atoms with Crippen LogP contribution in [0.2, 0.25) is 10.0 Å². The van der Waals surface area contributed by atoms with E-state index in [1.807, 2.05) is 18.2 Å². The zero-order chi connectivity index (χ0) is 18.1. The van der Waals surface area contributed by atoms with Crippen molar-refractivity contribution in [2.45, 2.75) is 19.5 Å². The van der Waals surface area contributed by atoms with Crippen molar-refractivity contribution in [3.05, 3.63) is 75.4 Å². The minimum atomic E-state index is 0.0267. The molecule has 0 saturated carbocycles. The van der Waals surface area contributed by atoms with E-state index in [9.17, 15) is 5.11 Å². The van der Waals surface area contributed by atoms with Gasteiger partial charge in [-0.1, -0.05) is 53.5 Å². The van der Waals surface area contributed by atoms with Crippen molar-refractivity contribution >= 4 is 23.2 Å². The van der Waals surface area contributed by atoms with E-state index in [2.05, 4.69) is 27.0 Å². The lowest BCUT2D eigenvalue weighted by molar-refractivity contribution is 0.237. The largest absolute Gasteiger partial charge is 0.493 e. The molecule has 0 atom stereocenters. The molecule has 0 bridgehead atoms. The molecule has 6 heteroatoms. The van der Waals surface area contributed by atoms with Crippen LogP contribution in [0.5, 0.6) is 5.88 Å². The Bertz CT molecular complexity index is 927. The average Bonchev–Trinajstić information content (AvgIpc) is 2.62. The van der Waals surface area contributed by atoms with E-state index in [1.54, 1.807) is 18.2 Å². The molecule has 0 saturated heterocycles. The summed E-state index contributed by atoms with van der Waals surface area (Å²) >= 11 is 12.1. The molecule has 2 aromatic carbocycles. The Morgan fingerprint density at radius 3 is 2.46 bits per heavy atom. The number of fused-ring (bicyclic) bond motifs is 1. The number of benzene rings is 2. The first-order chi connectivity index (χ1) is 12.6. The van der Waals surface area contributed by atoms with Crippen LogP contribution in [0.4, 0.5) is 0 Å². The predicted octanol–water partition coefficient (Wildman–Crippen LogP) is 4.71. The zero-order valence-corrected chi connectivity index (χ0v) is 15.5. The van der Waals surface area contributed by atoms with Gasteiger partial charge in [-0.25, -0.2) is 4.98 Å².